The Bertz CT molecular complexity index is 436. The highest BCUT2D eigenvalue weighted by atomic mass is 19.3. The van der Waals surface area contributed by atoms with E-state index in [1.165, 1.54) is 12.1 Å². The summed E-state index contributed by atoms with van der Waals surface area (Å²) in [6, 6.07) is 6.14. The molecule has 0 spiro atoms. The van der Waals surface area contributed by atoms with Crippen LogP contribution in [0.1, 0.15) is 10.4 Å². The Kier molecular flexibility index (Phi) is 3.76. The number of carbonyl (C=O) groups excluding carboxylic acids is 1. The molecule has 0 radical (unpaired) electrons. The van der Waals surface area contributed by atoms with Gasteiger partial charge in [0.2, 0.25) is 0 Å². The molecular weight excluding hydrogens is 242 g/mol. The summed E-state index contributed by atoms with van der Waals surface area (Å²) in [5, 5.41) is 3.05. The zero-order valence-electron chi connectivity index (χ0n) is 9.90. The molecular formula is C12H14F2N2O2. The van der Waals surface area contributed by atoms with E-state index in [0.717, 1.165) is 13.1 Å². The van der Waals surface area contributed by atoms with Gasteiger partial charge in [0.25, 0.3) is 5.91 Å². The third-order valence-corrected chi connectivity index (χ3v) is 2.96. The normalized spacial score (nSPS) is 15.3. The first kappa shape index (κ1) is 12.8. The molecule has 0 bridgehead atoms. The number of ether oxygens (including phenoxy) is 1. The number of nitrogens with zero attached hydrogens (tertiary/aromatic N) is 1. The lowest BCUT2D eigenvalue weighted by Crippen LogP contribution is -2.57. The fraction of sp³-hybridized carbons (Fsp3) is 0.417. The molecule has 4 nitrogen and oxygen atoms in total. The highest BCUT2D eigenvalue weighted by Crippen LogP contribution is 2.22. The molecule has 1 amide bonds. The third-order valence-electron chi connectivity index (χ3n) is 2.96. The first-order chi connectivity index (χ1) is 8.59. The first-order valence-electron chi connectivity index (χ1n) is 5.61. The first-order valence-corrected chi connectivity index (χ1v) is 5.61. The van der Waals surface area contributed by atoms with Crippen LogP contribution in [0.4, 0.5) is 8.78 Å². The second kappa shape index (κ2) is 5.30. The second-order valence-corrected chi connectivity index (χ2v) is 4.10. The molecule has 1 aromatic rings. The average molecular weight is 256 g/mol. The predicted molar refractivity (Wildman–Crippen MR) is 61.8 cm³/mol. The summed E-state index contributed by atoms with van der Waals surface area (Å²) in [5.41, 5.74) is 0.159. The van der Waals surface area contributed by atoms with Crippen molar-refractivity contribution in [1.82, 2.24) is 10.2 Å². The van der Waals surface area contributed by atoms with Crippen molar-refractivity contribution in [3.63, 3.8) is 0 Å². The molecule has 2 rings (SSSR count). The van der Waals surface area contributed by atoms with Gasteiger partial charge in [-0.3, -0.25) is 4.79 Å². The van der Waals surface area contributed by atoms with E-state index in [2.05, 4.69) is 10.1 Å². The van der Waals surface area contributed by atoms with Crippen LogP contribution in [-0.4, -0.2) is 43.6 Å². The van der Waals surface area contributed by atoms with Gasteiger partial charge >= 0.3 is 6.61 Å². The van der Waals surface area contributed by atoms with Crippen LogP contribution in [0.15, 0.2) is 24.3 Å². The number of hydrogen-bond donors (Lipinski definition) is 1. The molecule has 6 heteroatoms. The lowest BCUT2D eigenvalue weighted by atomic mass is 10.1. The fourth-order valence-corrected chi connectivity index (χ4v) is 1.75. The van der Waals surface area contributed by atoms with Gasteiger partial charge in [0, 0.05) is 20.1 Å². The zero-order chi connectivity index (χ0) is 13.1. The van der Waals surface area contributed by atoms with E-state index in [-0.39, 0.29) is 23.3 Å². The van der Waals surface area contributed by atoms with Crippen LogP contribution in [0.25, 0.3) is 0 Å². The minimum Gasteiger partial charge on any atom is -0.434 e. The van der Waals surface area contributed by atoms with Gasteiger partial charge in [-0.05, 0) is 12.1 Å². The lowest BCUT2D eigenvalue weighted by Gasteiger charge is -2.35. The van der Waals surface area contributed by atoms with Crippen LogP contribution >= 0.6 is 0 Å². The van der Waals surface area contributed by atoms with Crippen LogP contribution < -0.4 is 10.1 Å². The Morgan fingerprint density at radius 3 is 2.67 bits per heavy atom. The van der Waals surface area contributed by atoms with E-state index in [1.807, 2.05) is 0 Å². The molecule has 18 heavy (non-hydrogen) atoms. The van der Waals surface area contributed by atoms with Crippen molar-refractivity contribution in [3.05, 3.63) is 29.8 Å². The lowest BCUT2D eigenvalue weighted by molar-refractivity contribution is -0.0503. The van der Waals surface area contributed by atoms with Crippen LogP contribution in [-0.2, 0) is 0 Å². The van der Waals surface area contributed by atoms with Crippen molar-refractivity contribution >= 4 is 5.91 Å². The van der Waals surface area contributed by atoms with Gasteiger partial charge in [-0.1, -0.05) is 12.1 Å². The maximum Gasteiger partial charge on any atom is 0.387 e. The number of benzene rings is 1. The summed E-state index contributed by atoms with van der Waals surface area (Å²) >= 11 is 0. The quantitative estimate of drug-likeness (QED) is 0.883. The molecule has 0 aliphatic carbocycles. The molecule has 0 saturated carbocycles. The molecule has 0 unspecified atom stereocenters. The van der Waals surface area contributed by atoms with Gasteiger partial charge < -0.3 is 15.0 Å². The Morgan fingerprint density at radius 1 is 1.44 bits per heavy atom. The number of hydrogen-bond acceptors (Lipinski definition) is 3. The SMILES string of the molecule is CN(C(=O)c1ccccc1OC(F)F)C1CNC1. The van der Waals surface area contributed by atoms with Gasteiger partial charge in [-0.15, -0.1) is 0 Å². The minimum atomic E-state index is -2.94. The smallest absolute Gasteiger partial charge is 0.387 e. The molecule has 1 aliphatic rings. The molecule has 1 aromatic carbocycles. The maximum absolute atomic E-state index is 12.2. The van der Waals surface area contributed by atoms with E-state index in [0.29, 0.717) is 0 Å². The van der Waals surface area contributed by atoms with Gasteiger partial charge in [0.1, 0.15) is 5.75 Å². The molecule has 0 atom stereocenters. The summed E-state index contributed by atoms with van der Waals surface area (Å²) in [5.74, 6) is -0.394. The standard InChI is InChI=1S/C12H14F2N2O2/c1-16(8-6-15-7-8)11(17)9-4-2-3-5-10(9)18-12(13)14/h2-5,8,12,15H,6-7H2,1H3. The van der Waals surface area contributed by atoms with Crippen LogP contribution in [0.5, 0.6) is 5.75 Å². The number of rotatable bonds is 4. The Balaban J connectivity index is 2.18. The molecule has 0 aromatic heterocycles. The van der Waals surface area contributed by atoms with Crippen molar-refractivity contribution in [2.24, 2.45) is 0 Å². The largest absolute Gasteiger partial charge is 0.434 e. The molecule has 98 valence electrons. The van der Waals surface area contributed by atoms with Crippen LogP contribution in [0.3, 0.4) is 0 Å². The molecule has 1 aliphatic heterocycles. The maximum atomic E-state index is 12.2. The summed E-state index contributed by atoms with van der Waals surface area (Å²) in [6.07, 6.45) is 0. The van der Waals surface area contributed by atoms with Gasteiger partial charge in [0.15, 0.2) is 0 Å². The fourth-order valence-electron chi connectivity index (χ4n) is 1.75. The topological polar surface area (TPSA) is 41.6 Å². The summed E-state index contributed by atoms with van der Waals surface area (Å²) in [4.78, 5) is 13.7. The van der Waals surface area contributed by atoms with Crippen LogP contribution in [0.2, 0.25) is 0 Å². The number of amides is 1. The summed E-state index contributed by atoms with van der Waals surface area (Å²) < 4.78 is 28.8. The molecule has 1 N–H and O–H groups in total. The van der Waals surface area contributed by atoms with Crippen molar-refractivity contribution < 1.29 is 18.3 Å². The Labute approximate surface area is 104 Å². The van der Waals surface area contributed by atoms with Crippen LogP contribution in [0, 0.1) is 0 Å². The molecule has 1 saturated heterocycles. The van der Waals surface area contributed by atoms with Crippen molar-refractivity contribution in [1.29, 1.82) is 0 Å². The number of nitrogens with one attached hydrogen (secondary N) is 1. The Hall–Kier alpha value is -1.69. The number of alkyl halides is 2. The van der Waals surface area contributed by atoms with Crippen molar-refractivity contribution in [2.75, 3.05) is 20.1 Å². The third kappa shape index (κ3) is 2.59. The number of halogens is 2. The monoisotopic (exact) mass is 256 g/mol. The zero-order valence-corrected chi connectivity index (χ0v) is 9.90. The molecule has 1 heterocycles. The number of carbonyl (C=O) groups is 1. The van der Waals surface area contributed by atoms with E-state index < -0.39 is 6.61 Å². The highest BCUT2D eigenvalue weighted by molar-refractivity contribution is 5.97. The predicted octanol–water partition coefficient (Wildman–Crippen LogP) is 1.33. The van der Waals surface area contributed by atoms with Gasteiger partial charge in [0.05, 0.1) is 11.6 Å². The number of para-hydroxylation sites is 1. The van der Waals surface area contributed by atoms with Crippen molar-refractivity contribution in [3.8, 4) is 5.75 Å². The van der Waals surface area contributed by atoms with Gasteiger partial charge in [-0.2, -0.15) is 8.78 Å². The summed E-state index contributed by atoms with van der Waals surface area (Å²) in [6.45, 7) is -1.49. The summed E-state index contributed by atoms with van der Waals surface area (Å²) in [7, 11) is 1.66. The number of likely N-dealkylation sites (N-methyl/N-ethyl adjacent to an activating group) is 1. The molecule has 1 fully saturated rings. The van der Waals surface area contributed by atoms with E-state index >= 15 is 0 Å². The van der Waals surface area contributed by atoms with E-state index in [1.54, 1.807) is 24.1 Å². The average Bonchev–Trinajstić information content (AvgIpc) is 2.25. The minimum absolute atomic E-state index is 0.0865. The second-order valence-electron chi connectivity index (χ2n) is 4.10. The Morgan fingerprint density at radius 2 is 2.11 bits per heavy atom. The van der Waals surface area contributed by atoms with Crippen molar-refractivity contribution in [2.45, 2.75) is 12.7 Å². The van der Waals surface area contributed by atoms with E-state index in [4.69, 9.17) is 0 Å². The highest BCUT2D eigenvalue weighted by Gasteiger charge is 2.27. The van der Waals surface area contributed by atoms with Gasteiger partial charge in [-0.25, -0.2) is 0 Å². The van der Waals surface area contributed by atoms with E-state index in [9.17, 15) is 13.6 Å².